The molecule has 0 radical (unpaired) electrons. The predicted octanol–water partition coefficient (Wildman–Crippen LogP) is 3.75. The van der Waals surface area contributed by atoms with Crippen LogP contribution in [-0.2, 0) is 10.0 Å². The largest absolute Gasteiger partial charge is 0.497 e. The molecule has 0 saturated heterocycles. The fourth-order valence-corrected chi connectivity index (χ4v) is 4.16. The number of sulfonamides is 1. The molecule has 3 aromatic carbocycles. The van der Waals surface area contributed by atoms with Crippen LogP contribution in [0.3, 0.4) is 0 Å². The van der Waals surface area contributed by atoms with Gasteiger partial charge in [-0.1, -0.05) is 12.1 Å². The molecule has 160 valence electrons. The summed E-state index contributed by atoms with van der Waals surface area (Å²) in [6.07, 6.45) is 0. The van der Waals surface area contributed by atoms with Gasteiger partial charge in [0, 0.05) is 16.9 Å². The molecule has 0 aliphatic rings. The molecule has 0 bridgehead atoms. The molecular formula is C22H20N2O6S. The number of methoxy groups -OCH3 is 1. The summed E-state index contributed by atoms with van der Waals surface area (Å²) in [6, 6.07) is 16.5. The molecule has 3 rings (SSSR count). The number of aromatic carboxylic acids is 1. The highest BCUT2D eigenvalue weighted by Gasteiger charge is 2.20. The van der Waals surface area contributed by atoms with Gasteiger partial charge in [0.15, 0.2) is 0 Å². The maximum atomic E-state index is 12.9. The van der Waals surface area contributed by atoms with E-state index in [2.05, 4.69) is 10.0 Å². The van der Waals surface area contributed by atoms with E-state index in [1.54, 1.807) is 37.3 Å². The van der Waals surface area contributed by atoms with E-state index in [1.807, 2.05) is 0 Å². The zero-order chi connectivity index (χ0) is 22.6. The first-order valence-corrected chi connectivity index (χ1v) is 10.6. The van der Waals surface area contributed by atoms with Crippen molar-refractivity contribution in [2.24, 2.45) is 0 Å². The molecule has 1 amide bonds. The Labute approximate surface area is 179 Å². The molecule has 0 aromatic heterocycles. The van der Waals surface area contributed by atoms with Crippen molar-refractivity contribution in [2.75, 3.05) is 17.1 Å². The fourth-order valence-electron chi connectivity index (χ4n) is 2.83. The summed E-state index contributed by atoms with van der Waals surface area (Å²) in [5.41, 5.74) is 1.23. The van der Waals surface area contributed by atoms with Crippen molar-refractivity contribution in [3.63, 3.8) is 0 Å². The minimum absolute atomic E-state index is 0.0219. The van der Waals surface area contributed by atoms with Gasteiger partial charge in [0.1, 0.15) is 5.75 Å². The molecule has 0 aliphatic carbocycles. The van der Waals surface area contributed by atoms with Gasteiger partial charge in [-0.25, -0.2) is 13.2 Å². The SMILES string of the molecule is COc1ccc(NS(=O)(=O)c2cc(C(=O)Nc3cccc(C(=O)O)c3)ccc2C)cc1. The maximum Gasteiger partial charge on any atom is 0.335 e. The van der Waals surface area contributed by atoms with Crippen LogP contribution in [-0.4, -0.2) is 32.5 Å². The van der Waals surface area contributed by atoms with Crippen LogP contribution in [0.2, 0.25) is 0 Å². The summed E-state index contributed by atoms with van der Waals surface area (Å²) < 4.78 is 33.3. The normalized spacial score (nSPS) is 10.9. The molecule has 0 unspecified atom stereocenters. The van der Waals surface area contributed by atoms with Crippen LogP contribution in [0.15, 0.2) is 71.6 Å². The number of nitrogens with one attached hydrogen (secondary N) is 2. The van der Waals surface area contributed by atoms with E-state index in [9.17, 15) is 18.0 Å². The Balaban J connectivity index is 1.85. The number of aryl methyl sites for hydroxylation is 1. The first-order chi connectivity index (χ1) is 14.7. The number of amides is 1. The van der Waals surface area contributed by atoms with Crippen molar-refractivity contribution in [2.45, 2.75) is 11.8 Å². The quantitative estimate of drug-likeness (QED) is 0.514. The lowest BCUT2D eigenvalue weighted by Crippen LogP contribution is -2.17. The topological polar surface area (TPSA) is 122 Å². The zero-order valence-corrected chi connectivity index (χ0v) is 17.6. The molecule has 31 heavy (non-hydrogen) atoms. The Morgan fingerprint density at radius 3 is 2.26 bits per heavy atom. The summed E-state index contributed by atoms with van der Waals surface area (Å²) >= 11 is 0. The summed E-state index contributed by atoms with van der Waals surface area (Å²) in [5, 5.41) is 11.7. The lowest BCUT2D eigenvalue weighted by molar-refractivity contribution is 0.0696. The first kappa shape index (κ1) is 21.8. The number of carbonyl (C=O) groups is 2. The molecule has 0 spiro atoms. The van der Waals surface area contributed by atoms with E-state index in [0.29, 0.717) is 17.0 Å². The molecule has 0 saturated carbocycles. The molecule has 0 atom stereocenters. The van der Waals surface area contributed by atoms with E-state index >= 15 is 0 Å². The Hall–Kier alpha value is -3.85. The second kappa shape index (κ2) is 8.88. The van der Waals surface area contributed by atoms with E-state index in [0.717, 1.165) is 0 Å². The highest BCUT2D eigenvalue weighted by Crippen LogP contribution is 2.23. The monoisotopic (exact) mass is 440 g/mol. The number of carboxylic acids is 1. The summed E-state index contributed by atoms with van der Waals surface area (Å²) in [7, 11) is -2.45. The number of benzene rings is 3. The summed E-state index contributed by atoms with van der Waals surface area (Å²) in [5.74, 6) is -1.10. The lowest BCUT2D eigenvalue weighted by atomic mass is 10.1. The highest BCUT2D eigenvalue weighted by molar-refractivity contribution is 7.92. The Kier molecular flexibility index (Phi) is 6.26. The molecule has 9 heteroatoms. The van der Waals surface area contributed by atoms with Crippen LogP contribution in [0, 0.1) is 6.92 Å². The molecular weight excluding hydrogens is 420 g/mol. The van der Waals surface area contributed by atoms with Gasteiger partial charge in [-0.2, -0.15) is 0 Å². The third-order valence-electron chi connectivity index (χ3n) is 4.45. The number of rotatable bonds is 7. The van der Waals surface area contributed by atoms with E-state index in [-0.39, 0.29) is 21.7 Å². The van der Waals surface area contributed by atoms with Crippen molar-refractivity contribution >= 4 is 33.3 Å². The van der Waals surface area contributed by atoms with E-state index < -0.39 is 21.9 Å². The van der Waals surface area contributed by atoms with Gasteiger partial charge in [-0.15, -0.1) is 0 Å². The molecule has 0 heterocycles. The van der Waals surface area contributed by atoms with Crippen molar-refractivity contribution in [1.29, 1.82) is 0 Å². The average molecular weight is 440 g/mol. The predicted molar refractivity (Wildman–Crippen MR) is 116 cm³/mol. The van der Waals surface area contributed by atoms with Gasteiger partial charge in [-0.3, -0.25) is 9.52 Å². The van der Waals surface area contributed by atoms with Gasteiger partial charge in [0.2, 0.25) is 0 Å². The second-order valence-electron chi connectivity index (χ2n) is 6.65. The van der Waals surface area contributed by atoms with Crippen LogP contribution in [0.5, 0.6) is 5.75 Å². The second-order valence-corrected chi connectivity index (χ2v) is 8.31. The Morgan fingerprint density at radius 1 is 0.903 bits per heavy atom. The number of hydrogen-bond acceptors (Lipinski definition) is 5. The number of carboxylic acid groups (broad SMARTS) is 1. The fraction of sp³-hybridized carbons (Fsp3) is 0.0909. The average Bonchev–Trinajstić information content (AvgIpc) is 2.74. The third kappa shape index (κ3) is 5.20. The number of ether oxygens (including phenoxy) is 1. The van der Waals surface area contributed by atoms with Gasteiger partial charge in [-0.05, 0) is 67.1 Å². The minimum Gasteiger partial charge on any atom is -0.497 e. The number of hydrogen-bond donors (Lipinski definition) is 3. The van der Waals surface area contributed by atoms with Gasteiger partial charge in [0.05, 0.1) is 17.6 Å². The maximum absolute atomic E-state index is 12.9. The highest BCUT2D eigenvalue weighted by atomic mass is 32.2. The van der Waals surface area contributed by atoms with E-state index in [1.165, 1.54) is 43.5 Å². The van der Waals surface area contributed by atoms with Gasteiger partial charge < -0.3 is 15.2 Å². The van der Waals surface area contributed by atoms with Crippen molar-refractivity contribution in [3.05, 3.63) is 83.4 Å². The molecule has 0 fully saturated rings. The zero-order valence-electron chi connectivity index (χ0n) is 16.7. The first-order valence-electron chi connectivity index (χ1n) is 9.12. The smallest absolute Gasteiger partial charge is 0.335 e. The van der Waals surface area contributed by atoms with Crippen LogP contribution in [0.1, 0.15) is 26.3 Å². The van der Waals surface area contributed by atoms with Crippen LogP contribution >= 0.6 is 0 Å². The Bertz CT molecular complexity index is 1240. The standard InChI is InChI=1S/C22H20N2O6S/c1-14-6-7-15(21(25)23-18-5-3-4-16(12-18)22(26)27)13-20(14)31(28,29)24-17-8-10-19(30-2)11-9-17/h3-13,24H,1-2H3,(H,23,25)(H,26,27). The lowest BCUT2D eigenvalue weighted by Gasteiger charge is -2.13. The molecule has 3 aromatic rings. The number of carbonyl (C=O) groups excluding carboxylic acids is 1. The molecule has 0 aliphatic heterocycles. The molecule has 8 nitrogen and oxygen atoms in total. The van der Waals surface area contributed by atoms with Crippen molar-refractivity contribution in [3.8, 4) is 5.75 Å². The van der Waals surface area contributed by atoms with Crippen LogP contribution < -0.4 is 14.8 Å². The Morgan fingerprint density at radius 2 is 1.61 bits per heavy atom. The van der Waals surface area contributed by atoms with E-state index in [4.69, 9.17) is 9.84 Å². The summed E-state index contributed by atoms with van der Waals surface area (Å²) in [6.45, 7) is 1.63. The van der Waals surface area contributed by atoms with Crippen molar-refractivity contribution < 1.29 is 27.9 Å². The molecule has 3 N–H and O–H groups in total. The van der Waals surface area contributed by atoms with Crippen LogP contribution in [0.4, 0.5) is 11.4 Å². The third-order valence-corrected chi connectivity index (χ3v) is 5.97. The van der Waals surface area contributed by atoms with Gasteiger partial charge >= 0.3 is 5.97 Å². The van der Waals surface area contributed by atoms with Crippen LogP contribution in [0.25, 0.3) is 0 Å². The van der Waals surface area contributed by atoms with Crippen molar-refractivity contribution in [1.82, 2.24) is 0 Å². The summed E-state index contributed by atoms with van der Waals surface area (Å²) in [4.78, 5) is 23.7. The number of anilines is 2. The van der Waals surface area contributed by atoms with Gasteiger partial charge in [0.25, 0.3) is 15.9 Å². The minimum atomic E-state index is -3.96.